The summed E-state index contributed by atoms with van der Waals surface area (Å²) in [7, 11) is 0. The molecule has 2 N–H and O–H groups in total. The summed E-state index contributed by atoms with van der Waals surface area (Å²) in [6.45, 7) is 1.02. The maximum Gasteiger partial charge on any atom is 0.359 e. The molecule has 1 aliphatic heterocycles. The van der Waals surface area contributed by atoms with Crippen molar-refractivity contribution in [2.24, 2.45) is 0 Å². The molecule has 15 heavy (non-hydrogen) atoms. The standard InChI is InChI=1S/C10H12N2O3/c11-8-2-1-4-12-9(8)10(13)15-6-7-3-5-14-7/h1-2,4,7H,3,5-6,11H2. The number of hydrogen-bond donors (Lipinski definition) is 1. The third-order valence-electron chi connectivity index (χ3n) is 2.23. The van der Waals surface area contributed by atoms with Gasteiger partial charge in [-0.1, -0.05) is 0 Å². The van der Waals surface area contributed by atoms with Crippen molar-refractivity contribution < 1.29 is 14.3 Å². The van der Waals surface area contributed by atoms with E-state index >= 15 is 0 Å². The lowest BCUT2D eigenvalue weighted by Gasteiger charge is -2.25. The van der Waals surface area contributed by atoms with Crippen molar-refractivity contribution in [3.05, 3.63) is 24.0 Å². The molecule has 1 aromatic heterocycles. The molecule has 0 saturated carbocycles. The Morgan fingerprint density at radius 1 is 1.73 bits per heavy atom. The van der Waals surface area contributed by atoms with Crippen LogP contribution in [0, 0.1) is 0 Å². The number of carbonyl (C=O) groups excluding carboxylic acids is 1. The van der Waals surface area contributed by atoms with Gasteiger partial charge in [0.15, 0.2) is 5.69 Å². The SMILES string of the molecule is Nc1cccnc1C(=O)OCC1CCO1. The van der Waals surface area contributed by atoms with E-state index in [0.29, 0.717) is 5.69 Å². The van der Waals surface area contributed by atoms with Crippen molar-refractivity contribution in [3.63, 3.8) is 0 Å². The number of hydrogen-bond acceptors (Lipinski definition) is 5. The molecule has 0 spiro atoms. The first kappa shape index (κ1) is 9.92. The van der Waals surface area contributed by atoms with Gasteiger partial charge in [0.2, 0.25) is 0 Å². The van der Waals surface area contributed by atoms with Crippen molar-refractivity contribution in [2.45, 2.75) is 12.5 Å². The predicted molar refractivity (Wildman–Crippen MR) is 53.3 cm³/mol. The van der Waals surface area contributed by atoms with Crippen LogP contribution in [0.4, 0.5) is 5.69 Å². The molecule has 1 aromatic rings. The summed E-state index contributed by atoms with van der Waals surface area (Å²) in [5.74, 6) is -0.497. The lowest BCUT2D eigenvalue weighted by molar-refractivity contribution is -0.0825. The summed E-state index contributed by atoms with van der Waals surface area (Å²) in [5.41, 5.74) is 6.07. The van der Waals surface area contributed by atoms with Crippen LogP contribution < -0.4 is 5.73 Å². The highest BCUT2D eigenvalue weighted by Gasteiger charge is 2.21. The Labute approximate surface area is 87.2 Å². The second-order valence-corrected chi connectivity index (χ2v) is 3.32. The highest BCUT2D eigenvalue weighted by Crippen LogP contribution is 2.13. The average molecular weight is 208 g/mol. The highest BCUT2D eigenvalue weighted by molar-refractivity contribution is 5.92. The molecule has 5 nitrogen and oxygen atoms in total. The van der Waals surface area contributed by atoms with E-state index in [1.807, 2.05) is 0 Å². The zero-order valence-electron chi connectivity index (χ0n) is 8.18. The number of ether oxygens (including phenoxy) is 2. The van der Waals surface area contributed by atoms with Crippen LogP contribution in [-0.2, 0) is 9.47 Å². The second kappa shape index (κ2) is 4.27. The maximum atomic E-state index is 11.5. The van der Waals surface area contributed by atoms with Gasteiger partial charge in [-0.2, -0.15) is 0 Å². The van der Waals surface area contributed by atoms with Gasteiger partial charge in [0.25, 0.3) is 0 Å². The summed E-state index contributed by atoms with van der Waals surface area (Å²) in [6, 6.07) is 3.28. The third kappa shape index (κ3) is 2.24. The molecular formula is C10H12N2O3. The molecule has 80 valence electrons. The number of rotatable bonds is 3. The fraction of sp³-hybridized carbons (Fsp3) is 0.400. The Balaban J connectivity index is 1.92. The molecule has 1 unspecified atom stereocenters. The zero-order valence-corrected chi connectivity index (χ0v) is 8.18. The van der Waals surface area contributed by atoms with Crippen molar-refractivity contribution in [2.75, 3.05) is 18.9 Å². The van der Waals surface area contributed by atoms with Gasteiger partial charge >= 0.3 is 5.97 Å². The summed E-state index contributed by atoms with van der Waals surface area (Å²) in [5, 5.41) is 0. The van der Waals surface area contributed by atoms with E-state index in [1.54, 1.807) is 12.1 Å². The number of nitrogens with two attached hydrogens (primary N) is 1. The summed E-state index contributed by atoms with van der Waals surface area (Å²) in [4.78, 5) is 15.3. The minimum absolute atomic E-state index is 0.0406. The number of carbonyl (C=O) groups is 1. The van der Waals surface area contributed by atoms with Crippen LogP contribution in [0.5, 0.6) is 0 Å². The van der Waals surface area contributed by atoms with Crippen molar-refractivity contribution >= 4 is 11.7 Å². The summed E-state index contributed by atoms with van der Waals surface area (Å²) < 4.78 is 10.1. The van der Waals surface area contributed by atoms with Crippen LogP contribution in [0.1, 0.15) is 16.9 Å². The van der Waals surface area contributed by atoms with Gasteiger partial charge in [0.1, 0.15) is 6.61 Å². The quantitative estimate of drug-likeness (QED) is 0.736. The minimum atomic E-state index is -0.497. The fourth-order valence-corrected chi connectivity index (χ4v) is 1.24. The molecule has 2 rings (SSSR count). The van der Waals surface area contributed by atoms with Gasteiger partial charge < -0.3 is 15.2 Å². The molecule has 1 atom stereocenters. The summed E-state index contributed by atoms with van der Waals surface area (Å²) in [6.07, 6.45) is 2.48. The first-order chi connectivity index (χ1) is 7.27. The normalized spacial score (nSPS) is 19.3. The maximum absolute atomic E-state index is 11.5. The van der Waals surface area contributed by atoms with Gasteiger partial charge in [-0.25, -0.2) is 9.78 Å². The number of pyridine rings is 1. The Morgan fingerprint density at radius 3 is 3.13 bits per heavy atom. The van der Waals surface area contributed by atoms with Crippen LogP contribution >= 0.6 is 0 Å². The molecule has 1 aliphatic rings. The molecule has 0 bridgehead atoms. The number of nitrogen functional groups attached to an aromatic ring is 1. The van der Waals surface area contributed by atoms with E-state index in [-0.39, 0.29) is 18.4 Å². The molecule has 0 radical (unpaired) electrons. The smallest absolute Gasteiger partial charge is 0.359 e. The molecule has 5 heteroatoms. The van der Waals surface area contributed by atoms with E-state index < -0.39 is 5.97 Å². The Hall–Kier alpha value is -1.62. The fourth-order valence-electron chi connectivity index (χ4n) is 1.24. The van der Waals surface area contributed by atoms with Gasteiger partial charge in [-0.15, -0.1) is 0 Å². The summed E-state index contributed by atoms with van der Waals surface area (Å²) >= 11 is 0. The zero-order chi connectivity index (χ0) is 10.7. The minimum Gasteiger partial charge on any atom is -0.458 e. The first-order valence-electron chi connectivity index (χ1n) is 4.76. The van der Waals surface area contributed by atoms with Crippen LogP contribution in [0.15, 0.2) is 18.3 Å². The van der Waals surface area contributed by atoms with Gasteiger partial charge in [-0.05, 0) is 12.1 Å². The third-order valence-corrected chi connectivity index (χ3v) is 2.23. The van der Waals surface area contributed by atoms with E-state index in [9.17, 15) is 4.79 Å². The van der Waals surface area contributed by atoms with Crippen molar-refractivity contribution in [1.29, 1.82) is 0 Å². The molecular weight excluding hydrogens is 196 g/mol. The van der Waals surface area contributed by atoms with Crippen molar-refractivity contribution in [3.8, 4) is 0 Å². The van der Waals surface area contributed by atoms with Crippen molar-refractivity contribution in [1.82, 2.24) is 4.98 Å². The Morgan fingerprint density at radius 2 is 2.53 bits per heavy atom. The second-order valence-electron chi connectivity index (χ2n) is 3.32. The molecule has 1 fully saturated rings. The van der Waals surface area contributed by atoms with Crippen LogP contribution in [0.2, 0.25) is 0 Å². The largest absolute Gasteiger partial charge is 0.458 e. The van der Waals surface area contributed by atoms with Gasteiger partial charge in [0, 0.05) is 19.2 Å². The van der Waals surface area contributed by atoms with E-state index in [2.05, 4.69) is 4.98 Å². The first-order valence-corrected chi connectivity index (χ1v) is 4.76. The van der Waals surface area contributed by atoms with E-state index in [0.717, 1.165) is 13.0 Å². The predicted octanol–water partition coefficient (Wildman–Crippen LogP) is 0.609. The number of nitrogens with zero attached hydrogens (tertiary/aromatic N) is 1. The van der Waals surface area contributed by atoms with E-state index in [4.69, 9.17) is 15.2 Å². The van der Waals surface area contributed by atoms with Crippen LogP contribution in [0.3, 0.4) is 0 Å². The highest BCUT2D eigenvalue weighted by atomic mass is 16.6. The molecule has 0 amide bonds. The average Bonchev–Trinajstić information content (AvgIpc) is 2.16. The molecule has 0 aliphatic carbocycles. The number of esters is 1. The topological polar surface area (TPSA) is 74.4 Å². The van der Waals surface area contributed by atoms with Crippen LogP contribution in [-0.4, -0.2) is 30.3 Å². The molecule has 2 heterocycles. The Bertz CT molecular complexity index is 363. The number of anilines is 1. The van der Waals surface area contributed by atoms with Crippen LogP contribution in [0.25, 0.3) is 0 Å². The lowest BCUT2D eigenvalue weighted by Crippen LogP contribution is -2.32. The Kier molecular flexibility index (Phi) is 2.82. The van der Waals surface area contributed by atoms with E-state index in [1.165, 1.54) is 6.20 Å². The monoisotopic (exact) mass is 208 g/mol. The molecule has 0 aromatic carbocycles. The number of aromatic nitrogens is 1. The van der Waals surface area contributed by atoms with Gasteiger partial charge in [0.05, 0.1) is 11.8 Å². The lowest BCUT2D eigenvalue weighted by atomic mass is 10.2. The van der Waals surface area contributed by atoms with Gasteiger partial charge in [-0.3, -0.25) is 0 Å². The molecule has 1 saturated heterocycles.